The molecule has 2 heterocycles. The topological polar surface area (TPSA) is 33.7 Å². The maximum absolute atomic E-state index is 13.6. The van der Waals surface area contributed by atoms with Crippen LogP contribution in [0.1, 0.15) is 30.5 Å². The second kappa shape index (κ2) is 6.02. The highest BCUT2D eigenvalue weighted by molar-refractivity contribution is 7.80. The fourth-order valence-electron chi connectivity index (χ4n) is 3.79. The van der Waals surface area contributed by atoms with Crippen molar-refractivity contribution in [3.63, 3.8) is 0 Å². The molecule has 1 fully saturated rings. The van der Waals surface area contributed by atoms with Gasteiger partial charge in [-0.05, 0) is 37.3 Å². The van der Waals surface area contributed by atoms with Crippen LogP contribution in [0.15, 0.2) is 42.5 Å². The molecule has 2 aliphatic heterocycles. The Labute approximate surface area is 159 Å². The van der Waals surface area contributed by atoms with Crippen molar-refractivity contribution < 1.29 is 22.6 Å². The summed E-state index contributed by atoms with van der Waals surface area (Å²) in [6.45, 7) is 1.75. The van der Waals surface area contributed by atoms with Crippen molar-refractivity contribution in [3.05, 3.63) is 53.6 Å². The summed E-state index contributed by atoms with van der Waals surface area (Å²) in [5.41, 5.74) is -1.02. The average Bonchev–Trinajstić information content (AvgIpc) is 2.60. The minimum Gasteiger partial charge on any atom is -0.493 e. The third-order valence-corrected chi connectivity index (χ3v) is 5.23. The second-order valence-electron chi connectivity index (χ2n) is 6.71. The van der Waals surface area contributed by atoms with Crippen LogP contribution in [0.3, 0.4) is 0 Å². The van der Waals surface area contributed by atoms with E-state index in [1.807, 2.05) is 12.1 Å². The van der Waals surface area contributed by atoms with E-state index < -0.39 is 17.5 Å². The molecule has 142 valence electrons. The molecule has 0 unspecified atom stereocenters. The maximum atomic E-state index is 13.6. The van der Waals surface area contributed by atoms with E-state index in [0.29, 0.717) is 17.9 Å². The first-order valence-electron chi connectivity index (χ1n) is 8.37. The summed E-state index contributed by atoms with van der Waals surface area (Å²) in [6, 6.07) is 10.7. The average molecular weight is 394 g/mol. The van der Waals surface area contributed by atoms with Gasteiger partial charge < -0.3 is 14.8 Å². The monoisotopic (exact) mass is 394 g/mol. The quantitative estimate of drug-likeness (QED) is 0.750. The van der Waals surface area contributed by atoms with Crippen LogP contribution in [-0.4, -0.2) is 17.9 Å². The zero-order valence-corrected chi connectivity index (χ0v) is 15.4. The van der Waals surface area contributed by atoms with Crippen molar-refractivity contribution in [2.24, 2.45) is 0 Å². The molecule has 0 spiro atoms. The van der Waals surface area contributed by atoms with Crippen LogP contribution < -0.4 is 19.7 Å². The summed E-state index contributed by atoms with van der Waals surface area (Å²) in [5.74, 6) is 1.05. The lowest BCUT2D eigenvalue weighted by atomic mass is 9.89. The molecule has 0 aromatic heterocycles. The molecular weight excluding hydrogens is 377 g/mol. The highest BCUT2D eigenvalue weighted by Gasteiger charge is 2.51. The number of para-hydroxylation sites is 2. The molecule has 1 N–H and O–H groups in total. The van der Waals surface area contributed by atoms with Crippen LogP contribution in [-0.2, 0) is 6.18 Å². The van der Waals surface area contributed by atoms with Gasteiger partial charge in [-0.2, -0.15) is 13.2 Å². The molecule has 0 amide bonds. The molecule has 2 aromatic carbocycles. The lowest BCUT2D eigenvalue weighted by Gasteiger charge is -2.52. The Morgan fingerprint density at radius 2 is 1.96 bits per heavy atom. The molecule has 2 aliphatic rings. The smallest absolute Gasteiger partial charge is 0.418 e. The van der Waals surface area contributed by atoms with Gasteiger partial charge in [0, 0.05) is 12.0 Å². The molecule has 8 heteroatoms. The zero-order chi connectivity index (χ0) is 19.4. The normalized spacial score (nSPS) is 24.0. The first-order chi connectivity index (χ1) is 12.7. The number of nitrogens with one attached hydrogen (secondary N) is 1. The number of methoxy groups -OCH3 is 1. The van der Waals surface area contributed by atoms with Gasteiger partial charge in [0.2, 0.25) is 0 Å². The number of thiocarbonyl (C=S) groups is 1. The minimum atomic E-state index is -4.51. The molecule has 1 saturated heterocycles. The number of anilines is 1. The molecular formula is C19H17F3N2O2S. The number of nitrogens with zero attached hydrogens (tertiary/aromatic N) is 1. The van der Waals surface area contributed by atoms with E-state index >= 15 is 0 Å². The standard InChI is InChI=1S/C19H17F3N2O2S/c1-18-10-13(11-6-5-9-15(25-2)16(11)26-18)23-17(27)24(18)14-8-4-3-7-12(14)19(20,21)22/h3-9,13H,10H2,1-2H3,(H,23,27)/t13-,18+/m1/s1. The number of hydrogen-bond acceptors (Lipinski definition) is 3. The summed E-state index contributed by atoms with van der Waals surface area (Å²) in [7, 11) is 1.53. The van der Waals surface area contributed by atoms with Crippen LogP contribution in [0.2, 0.25) is 0 Å². The highest BCUT2D eigenvalue weighted by Crippen LogP contribution is 2.50. The van der Waals surface area contributed by atoms with E-state index in [9.17, 15) is 13.2 Å². The van der Waals surface area contributed by atoms with Crippen molar-refractivity contribution in [2.75, 3.05) is 12.0 Å². The van der Waals surface area contributed by atoms with Gasteiger partial charge in [-0.15, -0.1) is 0 Å². The van der Waals surface area contributed by atoms with E-state index in [-0.39, 0.29) is 16.8 Å². The van der Waals surface area contributed by atoms with Gasteiger partial charge in [-0.1, -0.05) is 24.3 Å². The van der Waals surface area contributed by atoms with Crippen LogP contribution in [0, 0.1) is 0 Å². The number of alkyl halides is 3. The van der Waals surface area contributed by atoms with Gasteiger partial charge in [0.25, 0.3) is 0 Å². The highest BCUT2D eigenvalue weighted by atomic mass is 32.1. The Morgan fingerprint density at radius 1 is 1.22 bits per heavy atom. The fraction of sp³-hybridized carbons (Fsp3) is 0.316. The third kappa shape index (κ3) is 2.79. The Hall–Kier alpha value is -2.48. The molecule has 27 heavy (non-hydrogen) atoms. The Morgan fingerprint density at radius 3 is 2.67 bits per heavy atom. The van der Waals surface area contributed by atoms with Gasteiger partial charge in [0.05, 0.1) is 24.4 Å². The summed E-state index contributed by atoms with van der Waals surface area (Å²) in [5, 5.41) is 3.36. The second-order valence-corrected chi connectivity index (χ2v) is 7.10. The van der Waals surface area contributed by atoms with E-state index in [2.05, 4.69) is 5.32 Å². The Kier molecular flexibility index (Phi) is 3.99. The first-order valence-corrected chi connectivity index (χ1v) is 8.78. The maximum Gasteiger partial charge on any atom is 0.418 e. The lowest BCUT2D eigenvalue weighted by Crippen LogP contribution is -2.65. The van der Waals surface area contributed by atoms with E-state index in [0.717, 1.165) is 11.6 Å². The zero-order valence-electron chi connectivity index (χ0n) is 14.6. The minimum absolute atomic E-state index is 0.0400. The fourth-order valence-corrected chi connectivity index (χ4v) is 4.23. The summed E-state index contributed by atoms with van der Waals surface area (Å²) in [6.07, 6.45) is -4.08. The van der Waals surface area contributed by atoms with Gasteiger partial charge in [-0.3, -0.25) is 4.90 Å². The Balaban J connectivity index is 1.86. The Bertz CT molecular complexity index is 918. The summed E-state index contributed by atoms with van der Waals surface area (Å²) in [4.78, 5) is 1.41. The molecule has 0 saturated carbocycles. The van der Waals surface area contributed by atoms with Crippen molar-refractivity contribution in [1.82, 2.24) is 5.32 Å². The number of fused-ring (bicyclic) bond motifs is 4. The van der Waals surface area contributed by atoms with Crippen molar-refractivity contribution in [1.29, 1.82) is 0 Å². The molecule has 2 aromatic rings. The number of benzene rings is 2. The van der Waals surface area contributed by atoms with E-state index in [1.165, 1.54) is 24.1 Å². The SMILES string of the molecule is COc1cccc2c1O[C@@]1(C)C[C@H]2NC(=S)N1c1ccccc1C(F)(F)F. The molecule has 0 radical (unpaired) electrons. The summed E-state index contributed by atoms with van der Waals surface area (Å²) >= 11 is 5.44. The van der Waals surface area contributed by atoms with Crippen molar-refractivity contribution in [2.45, 2.75) is 31.3 Å². The van der Waals surface area contributed by atoms with Crippen molar-refractivity contribution in [3.8, 4) is 11.5 Å². The van der Waals surface area contributed by atoms with Gasteiger partial charge in [0.15, 0.2) is 22.3 Å². The first kappa shape index (κ1) is 17.9. The van der Waals surface area contributed by atoms with E-state index in [1.54, 1.807) is 19.1 Å². The van der Waals surface area contributed by atoms with E-state index in [4.69, 9.17) is 21.7 Å². The largest absolute Gasteiger partial charge is 0.493 e. The van der Waals surface area contributed by atoms with Crippen LogP contribution in [0.4, 0.5) is 18.9 Å². The predicted molar refractivity (Wildman–Crippen MR) is 99.0 cm³/mol. The van der Waals surface area contributed by atoms with Crippen LogP contribution in [0.25, 0.3) is 0 Å². The molecule has 4 rings (SSSR count). The number of hydrogen-bond donors (Lipinski definition) is 1. The lowest BCUT2D eigenvalue weighted by molar-refractivity contribution is -0.137. The number of ether oxygens (including phenoxy) is 2. The molecule has 0 aliphatic carbocycles. The van der Waals surface area contributed by atoms with Gasteiger partial charge in [0.1, 0.15) is 0 Å². The predicted octanol–water partition coefficient (Wildman–Crippen LogP) is 4.65. The number of halogens is 3. The van der Waals surface area contributed by atoms with Gasteiger partial charge in [-0.25, -0.2) is 0 Å². The third-order valence-electron chi connectivity index (χ3n) is 4.93. The van der Waals surface area contributed by atoms with Crippen molar-refractivity contribution >= 4 is 23.0 Å². The molecule has 4 nitrogen and oxygen atoms in total. The molecule has 2 atom stereocenters. The van der Waals surface area contributed by atoms with Crippen LogP contribution in [0.5, 0.6) is 11.5 Å². The van der Waals surface area contributed by atoms with Crippen LogP contribution >= 0.6 is 12.2 Å². The summed E-state index contributed by atoms with van der Waals surface area (Å²) < 4.78 is 52.4. The molecule has 2 bridgehead atoms. The van der Waals surface area contributed by atoms with Gasteiger partial charge >= 0.3 is 6.18 Å². The number of rotatable bonds is 2.